The zero-order chi connectivity index (χ0) is 15.0. The fourth-order valence-electron chi connectivity index (χ4n) is 2.68. The normalized spacial score (nSPS) is 24.2. The van der Waals surface area contributed by atoms with Crippen LogP contribution in [0.3, 0.4) is 0 Å². The molecule has 1 saturated carbocycles. The fraction of sp³-hybridized carbons (Fsp3) is 0.368. The van der Waals surface area contributed by atoms with E-state index < -0.39 is 0 Å². The van der Waals surface area contributed by atoms with Gasteiger partial charge in [-0.3, -0.25) is 0 Å². The summed E-state index contributed by atoms with van der Waals surface area (Å²) in [4.78, 5) is 4.81. The third kappa shape index (κ3) is 2.86. The quantitative estimate of drug-likeness (QED) is 0.803. The van der Waals surface area contributed by atoms with Crippen LogP contribution in [0.25, 0.3) is 0 Å². The Kier molecular flexibility index (Phi) is 3.81. The molecule has 3 rings (SSSR count). The second-order valence-electron chi connectivity index (χ2n) is 6.80. The van der Waals surface area contributed by atoms with Crippen molar-refractivity contribution in [2.24, 2.45) is 10.4 Å². The summed E-state index contributed by atoms with van der Waals surface area (Å²) in [5.41, 5.74) is 2.66. The predicted molar refractivity (Wildman–Crippen MR) is 86.3 cm³/mol. The Morgan fingerprint density at radius 3 is 2.48 bits per heavy atom. The van der Waals surface area contributed by atoms with Crippen molar-refractivity contribution < 1.29 is 4.74 Å². The summed E-state index contributed by atoms with van der Waals surface area (Å²) in [6.45, 7) is 9.45. The number of hydrogen-bond donors (Lipinski definition) is 0. The molecule has 0 bridgehead atoms. The van der Waals surface area contributed by atoms with Gasteiger partial charge >= 0.3 is 0 Å². The topological polar surface area (TPSA) is 21.6 Å². The minimum Gasteiger partial charge on any atom is -0.478 e. The predicted octanol–water partition coefficient (Wildman–Crippen LogP) is 3.96. The first-order chi connectivity index (χ1) is 9.97. The number of ether oxygens (including phenoxy) is 1. The van der Waals surface area contributed by atoms with Crippen molar-refractivity contribution in [3.05, 3.63) is 66.5 Å². The van der Waals surface area contributed by atoms with Crippen molar-refractivity contribution in [1.82, 2.24) is 0 Å². The van der Waals surface area contributed by atoms with Crippen LogP contribution in [0.15, 0.2) is 29.3 Å². The van der Waals surface area contributed by atoms with Gasteiger partial charge in [-0.2, -0.15) is 0 Å². The molecule has 0 unspecified atom stereocenters. The Morgan fingerprint density at radius 2 is 1.81 bits per heavy atom. The largest absolute Gasteiger partial charge is 0.478 e. The van der Waals surface area contributed by atoms with Gasteiger partial charge in [0.1, 0.15) is 6.61 Å². The Morgan fingerprint density at radius 1 is 1.10 bits per heavy atom. The van der Waals surface area contributed by atoms with Crippen molar-refractivity contribution in [1.29, 1.82) is 0 Å². The number of aryl methyl sites for hydroxylation is 1. The highest BCUT2D eigenvalue weighted by atomic mass is 16.5. The van der Waals surface area contributed by atoms with Gasteiger partial charge in [-0.1, -0.05) is 45.0 Å². The standard InChI is InChI=1S/C19H22NO/c1-13-8-5-6-9-14(13)15-10-7-11-16(15)18-20-17(12-21-18)19(2,3)4/h5-11,17H,12H2,1-4H3/t17-/m1/s1. The van der Waals surface area contributed by atoms with Crippen LogP contribution in [0.4, 0.5) is 0 Å². The minimum absolute atomic E-state index is 0.136. The molecule has 0 aromatic heterocycles. The van der Waals surface area contributed by atoms with E-state index >= 15 is 0 Å². The third-order valence-corrected chi connectivity index (χ3v) is 4.13. The molecule has 0 saturated heterocycles. The first-order valence-electron chi connectivity index (χ1n) is 7.49. The van der Waals surface area contributed by atoms with Crippen molar-refractivity contribution in [3.8, 4) is 0 Å². The van der Waals surface area contributed by atoms with Gasteiger partial charge in [-0.15, -0.1) is 0 Å². The van der Waals surface area contributed by atoms with E-state index in [0.29, 0.717) is 6.61 Å². The molecule has 2 heteroatoms. The lowest BCUT2D eigenvalue weighted by atomic mass is 9.86. The van der Waals surface area contributed by atoms with E-state index in [1.54, 1.807) is 0 Å². The van der Waals surface area contributed by atoms with Gasteiger partial charge < -0.3 is 4.74 Å². The van der Waals surface area contributed by atoms with Gasteiger partial charge in [0.05, 0.1) is 12.0 Å². The maximum Gasteiger partial charge on any atom is 0.192 e. The Hall–Kier alpha value is -1.31. The number of benzene rings is 1. The summed E-state index contributed by atoms with van der Waals surface area (Å²) in [5.74, 6) is 3.11. The van der Waals surface area contributed by atoms with Crippen LogP contribution in [0.2, 0.25) is 0 Å². The van der Waals surface area contributed by atoms with Crippen molar-refractivity contribution in [3.63, 3.8) is 0 Å². The summed E-state index contributed by atoms with van der Waals surface area (Å²) in [6.07, 6.45) is 6.33. The summed E-state index contributed by atoms with van der Waals surface area (Å²) in [5, 5.41) is 0. The van der Waals surface area contributed by atoms with E-state index in [2.05, 4.69) is 71.2 Å². The molecule has 1 fully saturated rings. The van der Waals surface area contributed by atoms with Gasteiger partial charge in [0.25, 0.3) is 0 Å². The molecule has 5 radical (unpaired) electrons. The molecule has 109 valence electrons. The summed E-state index contributed by atoms with van der Waals surface area (Å²) in [6, 6.07) is 8.67. The molecule has 2 aliphatic rings. The van der Waals surface area contributed by atoms with Crippen molar-refractivity contribution >= 4 is 5.90 Å². The first kappa shape index (κ1) is 14.6. The van der Waals surface area contributed by atoms with Crippen LogP contribution in [-0.2, 0) is 4.74 Å². The molecule has 1 aromatic carbocycles. The highest BCUT2D eigenvalue weighted by Crippen LogP contribution is 2.42. The van der Waals surface area contributed by atoms with Gasteiger partial charge in [-0.05, 0) is 42.7 Å². The van der Waals surface area contributed by atoms with E-state index in [1.807, 2.05) is 0 Å². The van der Waals surface area contributed by atoms with Crippen molar-refractivity contribution in [2.75, 3.05) is 6.61 Å². The highest BCUT2D eigenvalue weighted by Gasteiger charge is 2.40. The van der Waals surface area contributed by atoms with Gasteiger partial charge in [0, 0.05) is 5.92 Å². The lowest BCUT2D eigenvalue weighted by Crippen LogP contribution is -2.25. The molecule has 1 aliphatic heterocycles. The SMILES string of the molecule is Cc1ccccc1[C]1[CH][CH][CH][C]1C1=N[C@@H](C(C)(C)C)CO1. The van der Waals surface area contributed by atoms with Crippen LogP contribution in [0.1, 0.15) is 31.9 Å². The number of aliphatic imine (C=N–C) groups is 1. The molecule has 0 spiro atoms. The van der Waals surface area contributed by atoms with Gasteiger partial charge in [0.2, 0.25) is 0 Å². The van der Waals surface area contributed by atoms with Crippen molar-refractivity contribution in [2.45, 2.75) is 33.7 Å². The van der Waals surface area contributed by atoms with Crippen LogP contribution in [0.5, 0.6) is 0 Å². The van der Waals surface area contributed by atoms with Crippen LogP contribution < -0.4 is 0 Å². The fourth-order valence-corrected chi connectivity index (χ4v) is 2.68. The van der Waals surface area contributed by atoms with E-state index in [4.69, 9.17) is 9.73 Å². The minimum atomic E-state index is 0.136. The van der Waals surface area contributed by atoms with Crippen LogP contribution in [-0.4, -0.2) is 18.5 Å². The summed E-state index contributed by atoms with van der Waals surface area (Å²) >= 11 is 0. The first-order valence-corrected chi connectivity index (χ1v) is 7.49. The Labute approximate surface area is 128 Å². The number of hydrogen-bond acceptors (Lipinski definition) is 2. The molecule has 1 heterocycles. The molecule has 2 nitrogen and oxygen atoms in total. The second-order valence-corrected chi connectivity index (χ2v) is 6.80. The van der Waals surface area contributed by atoms with Crippen LogP contribution in [0, 0.1) is 43.4 Å². The van der Waals surface area contributed by atoms with E-state index in [9.17, 15) is 0 Å². The molecule has 1 aliphatic carbocycles. The maximum absolute atomic E-state index is 5.89. The molecule has 1 aromatic rings. The smallest absolute Gasteiger partial charge is 0.192 e. The van der Waals surface area contributed by atoms with E-state index in [1.165, 1.54) is 17.0 Å². The summed E-state index contributed by atoms with van der Waals surface area (Å²) in [7, 11) is 0. The van der Waals surface area contributed by atoms with E-state index in [-0.39, 0.29) is 11.5 Å². The number of rotatable bonds is 2. The maximum atomic E-state index is 5.89. The zero-order valence-electron chi connectivity index (χ0n) is 13.2. The van der Waals surface area contributed by atoms with Gasteiger partial charge in [0.15, 0.2) is 5.90 Å². The Balaban J connectivity index is 1.84. The zero-order valence-corrected chi connectivity index (χ0v) is 13.2. The average Bonchev–Trinajstić information content (AvgIpc) is 3.07. The molecule has 1 atom stereocenters. The molecule has 21 heavy (non-hydrogen) atoms. The third-order valence-electron chi connectivity index (χ3n) is 4.13. The Bertz CT molecular complexity index is 541. The molecular weight excluding hydrogens is 258 g/mol. The lowest BCUT2D eigenvalue weighted by Gasteiger charge is -2.22. The molecular formula is C19H22NO. The van der Waals surface area contributed by atoms with Gasteiger partial charge in [-0.25, -0.2) is 4.99 Å². The number of nitrogens with zero attached hydrogens (tertiary/aromatic N) is 1. The average molecular weight is 280 g/mol. The van der Waals surface area contributed by atoms with E-state index in [0.717, 1.165) is 11.8 Å². The molecule has 0 amide bonds. The summed E-state index contributed by atoms with van der Waals surface area (Å²) < 4.78 is 5.89. The monoisotopic (exact) mass is 280 g/mol. The molecule has 0 N–H and O–H groups in total. The second kappa shape index (κ2) is 5.47. The van der Waals surface area contributed by atoms with Crippen LogP contribution >= 0.6 is 0 Å². The lowest BCUT2D eigenvalue weighted by molar-refractivity contribution is 0.234. The highest BCUT2D eigenvalue weighted by molar-refractivity contribution is 6.00.